The molecule has 0 aliphatic carbocycles. The van der Waals surface area contributed by atoms with Crippen LogP contribution < -0.4 is 20.3 Å². The van der Waals surface area contributed by atoms with Gasteiger partial charge in [0.15, 0.2) is 12.6 Å². The Labute approximate surface area is 174 Å². The van der Waals surface area contributed by atoms with Crippen molar-refractivity contribution >= 4 is 11.6 Å². The molecule has 30 heavy (non-hydrogen) atoms. The lowest BCUT2D eigenvalue weighted by atomic mass is 10.2. The molecule has 1 aliphatic rings. The first kappa shape index (κ1) is 21.5. The van der Waals surface area contributed by atoms with Crippen molar-refractivity contribution in [1.82, 2.24) is 10.6 Å². The van der Waals surface area contributed by atoms with E-state index in [2.05, 4.69) is 50.9 Å². The molecule has 0 bridgehead atoms. The van der Waals surface area contributed by atoms with Crippen LogP contribution in [0.2, 0.25) is 0 Å². The summed E-state index contributed by atoms with van der Waals surface area (Å²) in [4.78, 5) is 6.51. The summed E-state index contributed by atoms with van der Waals surface area (Å²) in [7, 11) is 1.69. The third-order valence-electron chi connectivity index (χ3n) is 4.56. The summed E-state index contributed by atoms with van der Waals surface area (Å²) in [5.74, 6) is 0.826. The van der Waals surface area contributed by atoms with E-state index in [1.807, 2.05) is 6.07 Å². The van der Waals surface area contributed by atoms with Crippen LogP contribution in [-0.2, 0) is 13.1 Å². The van der Waals surface area contributed by atoms with Crippen molar-refractivity contribution in [2.24, 2.45) is 4.99 Å². The number of halogens is 3. The fourth-order valence-electron chi connectivity index (χ4n) is 3.01. The molecule has 0 amide bonds. The molecule has 0 saturated carbocycles. The second kappa shape index (κ2) is 10.0. The van der Waals surface area contributed by atoms with Gasteiger partial charge in [-0.25, -0.2) is 0 Å². The molecule has 0 saturated heterocycles. The van der Waals surface area contributed by atoms with E-state index < -0.39 is 12.8 Å². The quantitative estimate of drug-likeness (QED) is 0.407. The van der Waals surface area contributed by atoms with Gasteiger partial charge in [0.2, 0.25) is 0 Å². The van der Waals surface area contributed by atoms with Crippen molar-refractivity contribution < 1.29 is 17.9 Å². The Kier molecular flexibility index (Phi) is 7.21. The molecular formula is C22H25F3N4O. The second-order valence-corrected chi connectivity index (χ2v) is 6.87. The SMILES string of the molecule is CN=C(NCc1ccc(OCC(F)(F)F)cc1)NCc1cccc(N2CC=CC2)c1. The molecule has 2 aromatic carbocycles. The standard InChI is InChI=1S/C22H25F3N4O/c1-26-21(27-14-17-7-9-20(10-8-17)30-16-22(23,24)25)28-15-18-5-4-6-19(13-18)29-11-2-3-12-29/h2-10,13H,11-12,14-16H2,1H3,(H2,26,27,28). The van der Waals surface area contributed by atoms with Crippen LogP contribution in [-0.4, -0.2) is 38.9 Å². The lowest BCUT2D eigenvalue weighted by molar-refractivity contribution is -0.153. The van der Waals surface area contributed by atoms with Crippen LogP contribution in [0.5, 0.6) is 5.75 Å². The summed E-state index contributed by atoms with van der Waals surface area (Å²) >= 11 is 0. The van der Waals surface area contributed by atoms with Gasteiger partial charge in [0.05, 0.1) is 0 Å². The summed E-state index contributed by atoms with van der Waals surface area (Å²) in [6.45, 7) is 1.68. The van der Waals surface area contributed by atoms with E-state index in [9.17, 15) is 13.2 Å². The number of anilines is 1. The minimum Gasteiger partial charge on any atom is -0.484 e. The lowest BCUT2D eigenvalue weighted by Crippen LogP contribution is -2.36. The summed E-state index contributed by atoms with van der Waals surface area (Å²) in [6, 6.07) is 14.9. The van der Waals surface area contributed by atoms with Gasteiger partial charge in [-0.05, 0) is 35.4 Å². The van der Waals surface area contributed by atoms with Crippen LogP contribution in [0, 0.1) is 0 Å². The zero-order valence-corrected chi connectivity index (χ0v) is 16.7. The summed E-state index contributed by atoms with van der Waals surface area (Å²) < 4.78 is 41.3. The van der Waals surface area contributed by atoms with Gasteiger partial charge < -0.3 is 20.3 Å². The van der Waals surface area contributed by atoms with Gasteiger partial charge >= 0.3 is 6.18 Å². The number of hydrogen-bond donors (Lipinski definition) is 2. The van der Waals surface area contributed by atoms with Gasteiger partial charge in [-0.2, -0.15) is 13.2 Å². The Morgan fingerprint density at radius 1 is 1.00 bits per heavy atom. The Morgan fingerprint density at radius 3 is 2.30 bits per heavy atom. The molecule has 160 valence electrons. The predicted molar refractivity (Wildman–Crippen MR) is 113 cm³/mol. The largest absolute Gasteiger partial charge is 0.484 e. The summed E-state index contributed by atoms with van der Waals surface area (Å²) in [6.07, 6.45) is -0.0272. The number of ether oxygens (including phenoxy) is 1. The molecule has 0 atom stereocenters. The van der Waals surface area contributed by atoms with Crippen LogP contribution in [0.1, 0.15) is 11.1 Å². The molecule has 0 radical (unpaired) electrons. The highest BCUT2D eigenvalue weighted by molar-refractivity contribution is 5.79. The van der Waals surface area contributed by atoms with Crippen LogP contribution in [0.3, 0.4) is 0 Å². The van der Waals surface area contributed by atoms with Crippen molar-refractivity contribution in [2.45, 2.75) is 19.3 Å². The third-order valence-corrected chi connectivity index (χ3v) is 4.56. The zero-order chi connectivity index (χ0) is 21.4. The van der Waals surface area contributed by atoms with Gasteiger partial charge in [-0.1, -0.05) is 36.4 Å². The van der Waals surface area contributed by atoms with E-state index in [1.165, 1.54) is 17.8 Å². The summed E-state index contributed by atoms with van der Waals surface area (Å²) in [5.41, 5.74) is 3.24. The highest BCUT2D eigenvalue weighted by Gasteiger charge is 2.28. The van der Waals surface area contributed by atoms with Crippen molar-refractivity contribution in [1.29, 1.82) is 0 Å². The predicted octanol–water partition coefficient (Wildman–Crippen LogP) is 3.87. The fraction of sp³-hybridized carbons (Fsp3) is 0.318. The van der Waals surface area contributed by atoms with Crippen molar-refractivity contribution in [3.8, 4) is 5.75 Å². The van der Waals surface area contributed by atoms with Crippen LogP contribution in [0.4, 0.5) is 18.9 Å². The van der Waals surface area contributed by atoms with Crippen LogP contribution in [0.25, 0.3) is 0 Å². The van der Waals surface area contributed by atoms with Crippen molar-refractivity contribution in [3.63, 3.8) is 0 Å². The first-order chi connectivity index (χ1) is 14.4. The number of alkyl halides is 3. The molecular weight excluding hydrogens is 393 g/mol. The molecule has 0 fully saturated rings. The monoisotopic (exact) mass is 418 g/mol. The van der Waals surface area contributed by atoms with Crippen molar-refractivity contribution in [2.75, 3.05) is 31.6 Å². The number of guanidine groups is 1. The second-order valence-electron chi connectivity index (χ2n) is 6.87. The van der Waals surface area contributed by atoms with E-state index >= 15 is 0 Å². The minimum atomic E-state index is -4.34. The number of aliphatic imine (C=N–C) groups is 1. The van der Waals surface area contributed by atoms with Crippen molar-refractivity contribution in [3.05, 3.63) is 71.8 Å². The Balaban J connectivity index is 1.46. The first-order valence-corrected chi connectivity index (χ1v) is 9.65. The zero-order valence-electron chi connectivity index (χ0n) is 16.7. The summed E-state index contributed by atoms with van der Waals surface area (Å²) in [5, 5.41) is 6.48. The van der Waals surface area contributed by atoms with E-state index in [4.69, 9.17) is 4.74 Å². The van der Waals surface area contributed by atoms with Crippen LogP contribution >= 0.6 is 0 Å². The Bertz CT molecular complexity index is 871. The smallest absolute Gasteiger partial charge is 0.422 e. The number of nitrogens with zero attached hydrogens (tertiary/aromatic N) is 2. The molecule has 1 aliphatic heterocycles. The van der Waals surface area contributed by atoms with Gasteiger partial charge in [0.25, 0.3) is 0 Å². The molecule has 8 heteroatoms. The molecule has 0 spiro atoms. The highest BCUT2D eigenvalue weighted by atomic mass is 19.4. The molecule has 2 aromatic rings. The number of rotatable bonds is 7. The fourth-order valence-corrected chi connectivity index (χ4v) is 3.01. The molecule has 1 heterocycles. The van der Waals surface area contributed by atoms with E-state index in [-0.39, 0.29) is 5.75 Å². The molecule has 0 aromatic heterocycles. The van der Waals surface area contributed by atoms with Gasteiger partial charge in [0.1, 0.15) is 5.75 Å². The minimum absolute atomic E-state index is 0.187. The Hall–Kier alpha value is -3.16. The topological polar surface area (TPSA) is 48.9 Å². The average molecular weight is 418 g/mol. The van der Waals surface area contributed by atoms with E-state index in [0.29, 0.717) is 19.0 Å². The van der Waals surface area contributed by atoms with E-state index in [1.54, 1.807) is 19.2 Å². The van der Waals surface area contributed by atoms with E-state index in [0.717, 1.165) is 24.2 Å². The maximum Gasteiger partial charge on any atom is 0.422 e. The highest BCUT2D eigenvalue weighted by Crippen LogP contribution is 2.19. The number of benzene rings is 2. The molecule has 3 rings (SSSR count). The lowest BCUT2D eigenvalue weighted by Gasteiger charge is -2.19. The first-order valence-electron chi connectivity index (χ1n) is 9.65. The number of nitrogens with one attached hydrogen (secondary N) is 2. The Morgan fingerprint density at radius 2 is 1.67 bits per heavy atom. The number of hydrogen-bond acceptors (Lipinski definition) is 3. The third kappa shape index (κ3) is 6.72. The average Bonchev–Trinajstić information content (AvgIpc) is 3.28. The molecule has 5 nitrogen and oxygen atoms in total. The van der Waals surface area contributed by atoms with Gasteiger partial charge in [-0.15, -0.1) is 0 Å². The molecule has 0 unspecified atom stereocenters. The van der Waals surface area contributed by atoms with Crippen LogP contribution in [0.15, 0.2) is 65.7 Å². The molecule has 2 N–H and O–H groups in total. The maximum absolute atomic E-state index is 12.2. The van der Waals surface area contributed by atoms with Gasteiger partial charge in [0, 0.05) is 38.9 Å². The van der Waals surface area contributed by atoms with Gasteiger partial charge in [-0.3, -0.25) is 4.99 Å². The normalized spacial score (nSPS) is 14.1. The maximum atomic E-state index is 12.2.